The van der Waals surface area contributed by atoms with E-state index in [-0.39, 0.29) is 5.12 Å². The number of carboxylic acid groups (broad SMARTS) is 1. The Balaban J connectivity index is 2.56. The summed E-state index contributed by atoms with van der Waals surface area (Å²) < 4.78 is 0. The molecule has 1 aromatic rings. The van der Waals surface area contributed by atoms with Gasteiger partial charge in [0.2, 0.25) is 5.12 Å². The summed E-state index contributed by atoms with van der Waals surface area (Å²) >= 11 is 0.858. The van der Waals surface area contributed by atoms with Crippen LogP contribution in [0.3, 0.4) is 0 Å². The largest absolute Gasteiger partial charge is 0.478 e. The van der Waals surface area contributed by atoms with Gasteiger partial charge in [-0.1, -0.05) is 42.1 Å². The van der Waals surface area contributed by atoms with Crippen LogP contribution in [0.5, 0.6) is 0 Å². The molecule has 0 aliphatic carbocycles. The van der Waals surface area contributed by atoms with Gasteiger partial charge in [0, 0.05) is 11.6 Å². The van der Waals surface area contributed by atoms with Crippen molar-refractivity contribution in [1.29, 1.82) is 0 Å². The Labute approximate surface area is 85.4 Å². The first-order valence-electron chi connectivity index (χ1n) is 3.85. The zero-order valence-electron chi connectivity index (χ0n) is 7.21. The number of carboxylic acids is 1. The van der Waals surface area contributed by atoms with E-state index in [2.05, 4.69) is 0 Å². The van der Waals surface area contributed by atoms with E-state index < -0.39 is 5.97 Å². The molecule has 0 unspecified atom stereocenters. The normalized spacial score (nSPS) is 10.3. The highest BCUT2D eigenvalue weighted by Gasteiger charge is 2.02. The van der Waals surface area contributed by atoms with Crippen LogP contribution in [0.2, 0.25) is 0 Å². The third-order valence-corrected chi connectivity index (χ3v) is 2.12. The molecule has 4 heteroatoms. The van der Waals surface area contributed by atoms with Gasteiger partial charge in [0.15, 0.2) is 0 Å². The van der Waals surface area contributed by atoms with Crippen LogP contribution in [0.4, 0.5) is 0 Å². The zero-order chi connectivity index (χ0) is 10.4. The van der Waals surface area contributed by atoms with E-state index >= 15 is 0 Å². The highest BCUT2D eigenvalue weighted by atomic mass is 32.2. The van der Waals surface area contributed by atoms with E-state index in [1.54, 1.807) is 24.3 Å². The highest BCUT2D eigenvalue weighted by molar-refractivity contribution is 8.16. The summed E-state index contributed by atoms with van der Waals surface area (Å²) in [6.07, 6.45) is 0.936. The summed E-state index contributed by atoms with van der Waals surface area (Å²) in [7, 11) is 0. The van der Waals surface area contributed by atoms with E-state index in [1.807, 2.05) is 6.07 Å². The van der Waals surface area contributed by atoms with Gasteiger partial charge in [0.25, 0.3) is 0 Å². The minimum Gasteiger partial charge on any atom is -0.478 e. The molecule has 0 aliphatic heterocycles. The van der Waals surface area contributed by atoms with Crippen LogP contribution < -0.4 is 0 Å². The minimum atomic E-state index is -1.06. The molecule has 0 spiro atoms. The van der Waals surface area contributed by atoms with Crippen molar-refractivity contribution in [3.8, 4) is 0 Å². The summed E-state index contributed by atoms with van der Waals surface area (Å²) in [6, 6.07) is 8.70. The number of aliphatic carboxylic acids is 1. The third kappa shape index (κ3) is 3.45. The first-order valence-corrected chi connectivity index (χ1v) is 4.73. The molecule has 0 bridgehead atoms. The van der Waals surface area contributed by atoms with Crippen molar-refractivity contribution in [2.24, 2.45) is 0 Å². The molecule has 1 N–H and O–H groups in total. The first kappa shape index (κ1) is 10.5. The van der Waals surface area contributed by atoms with Gasteiger partial charge in [-0.3, -0.25) is 4.79 Å². The number of rotatable bonds is 3. The summed E-state index contributed by atoms with van der Waals surface area (Å²) in [4.78, 5) is 21.5. The SMILES string of the molecule is O=C(O)C=CSC(=O)c1ccccc1. The predicted molar refractivity (Wildman–Crippen MR) is 55.1 cm³/mol. The Kier molecular flexibility index (Phi) is 3.94. The Morgan fingerprint density at radius 3 is 2.43 bits per heavy atom. The molecule has 0 atom stereocenters. The van der Waals surface area contributed by atoms with Gasteiger partial charge < -0.3 is 5.11 Å². The Hall–Kier alpha value is -1.55. The lowest BCUT2D eigenvalue weighted by Gasteiger charge is -1.94. The lowest BCUT2D eigenvalue weighted by Crippen LogP contribution is -1.91. The van der Waals surface area contributed by atoms with E-state index in [9.17, 15) is 9.59 Å². The van der Waals surface area contributed by atoms with E-state index in [0.717, 1.165) is 17.8 Å². The molecule has 1 rings (SSSR count). The second-order valence-electron chi connectivity index (χ2n) is 2.41. The van der Waals surface area contributed by atoms with Crippen LogP contribution >= 0.6 is 11.8 Å². The van der Waals surface area contributed by atoms with Crippen molar-refractivity contribution in [3.63, 3.8) is 0 Å². The lowest BCUT2D eigenvalue weighted by molar-refractivity contribution is -0.131. The molecule has 3 nitrogen and oxygen atoms in total. The van der Waals surface area contributed by atoms with Crippen LogP contribution in [0, 0.1) is 0 Å². The molecule has 0 fully saturated rings. The van der Waals surface area contributed by atoms with E-state index in [1.165, 1.54) is 5.41 Å². The maximum atomic E-state index is 11.3. The van der Waals surface area contributed by atoms with E-state index in [4.69, 9.17) is 5.11 Å². The lowest BCUT2D eigenvalue weighted by atomic mass is 10.2. The van der Waals surface area contributed by atoms with Crippen molar-refractivity contribution < 1.29 is 14.7 Å². The molecule has 0 saturated heterocycles. The fourth-order valence-corrected chi connectivity index (χ4v) is 1.38. The van der Waals surface area contributed by atoms with Gasteiger partial charge >= 0.3 is 5.97 Å². The Morgan fingerprint density at radius 1 is 1.21 bits per heavy atom. The van der Waals surface area contributed by atoms with Crippen molar-refractivity contribution in [3.05, 3.63) is 47.4 Å². The predicted octanol–water partition coefficient (Wildman–Crippen LogP) is 2.16. The van der Waals surface area contributed by atoms with Gasteiger partial charge in [-0.15, -0.1) is 0 Å². The van der Waals surface area contributed by atoms with Gasteiger partial charge in [0.1, 0.15) is 0 Å². The average molecular weight is 208 g/mol. The van der Waals surface area contributed by atoms with Crippen LogP contribution in [0.1, 0.15) is 10.4 Å². The monoisotopic (exact) mass is 208 g/mol. The quantitative estimate of drug-likeness (QED) is 0.773. The van der Waals surface area contributed by atoms with Gasteiger partial charge in [0.05, 0.1) is 0 Å². The molecule has 14 heavy (non-hydrogen) atoms. The van der Waals surface area contributed by atoms with Crippen LogP contribution in [0.15, 0.2) is 41.8 Å². The molecule has 72 valence electrons. The number of carbonyl (C=O) groups excluding carboxylic acids is 1. The Morgan fingerprint density at radius 2 is 1.86 bits per heavy atom. The van der Waals surface area contributed by atoms with Gasteiger partial charge in [-0.25, -0.2) is 4.79 Å². The Bertz CT molecular complexity index is 357. The van der Waals surface area contributed by atoms with Crippen LogP contribution in [-0.2, 0) is 4.79 Å². The first-order chi connectivity index (χ1) is 6.70. The summed E-state index contributed by atoms with van der Waals surface area (Å²) in [5.74, 6) is -1.06. The maximum Gasteiger partial charge on any atom is 0.328 e. The molecule has 0 aromatic heterocycles. The van der Waals surface area contributed by atoms with Crippen molar-refractivity contribution >= 4 is 22.8 Å². The topological polar surface area (TPSA) is 54.4 Å². The van der Waals surface area contributed by atoms with Crippen molar-refractivity contribution in [2.45, 2.75) is 0 Å². The summed E-state index contributed by atoms with van der Waals surface area (Å²) in [5, 5.41) is 9.38. The standard InChI is InChI=1S/C10H8O3S/c11-9(12)6-7-14-10(13)8-4-2-1-3-5-8/h1-7H,(H,11,12). The fraction of sp³-hybridized carbons (Fsp3) is 0. The second-order valence-corrected chi connectivity index (χ2v) is 3.29. The average Bonchev–Trinajstić information content (AvgIpc) is 2.18. The number of benzene rings is 1. The molecule has 0 saturated carbocycles. The maximum absolute atomic E-state index is 11.3. The van der Waals surface area contributed by atoms with Gasteiger partial charge in [-0.05, 0) is 5.41 Å². The van der Waals surface area contributed by atoms with Crippen molar-refractivity contribution in [2.75, 3.05) is 0 Å². The second kappa shape index (κ2) is 5.24. The minimum absolute atomic E-state index is 0.164. The molecular weight excluding hydrogens is 200 g/mol. The number of carbonyl (C=O) groups is 2. The molecule has 0 radical (unpaired) electrons. The highest BCUT2D eigenvalue weighted by Crippen LogP contribution is 2.12. The van der Waals surface area contributed by atoms with Crippen LogP contribution in [0.25, 0.3) is 0 Å². The number of hydrogen-bond donors (Lipinski definition) is 1. The number of thioether (sulfide) groups is 1. The molecule has 0 heterocycles. The molecule has 0 aliphatic rings. The zero-order valence-corrected chi connectivity index (χ0v) is 8.03. The van der Waals surface area contributed by atoms with Crippen molar-refractivity contribution in [1.82, 2.24) is 0 Å². The molecule has 1 aromatic carbocycles. The summed E-state index contributed by atoms with van der Waals surface area (Å²) in [6.45, 7) is 0. The van der Waals surface area contributed by atoms with Crippen LogP contribution in [-0.4, -0.2) is 16.2 Å². The van der Waals surface area contributed by atoms with Gasteiger partial charge in [-0.2, -0.15) is 0 Å². The van der Waals surface area contributed by atoms with E-state index in [0.29, 0.717) is 5.56 Å². The third-order valence-electron chi connectivity index (χ3n) is 1.40. The number of hydrogen-bond acceptors (Lipinski definition) is 3. The molecule has 0 amide bonds. The fourth-order valence-electron chi connectivity index (χ4n) is 0.796. The smallest absolute Gasteiger partial charge is 0.328 e. The molecular formula is C10H8O3S. The summed E-state index contributed by atoms with van der Waals surface area (Å²) in [5.41, 5.74) is 0.563.